The van der Waals surface area contributed by atoms with Crippen LogP contribution in [0.3, 0.4) is 0 Å². The quantitative estimate of drug-likeness (QED) is 0.350. The highest BCUT2D eigenvalue weighted by Gasteiger charge is 2.40. The number of hydrogen-bond donors (Lipinski definition) is 1. The van der Waals surface area contributed by atoms with E-state index in [2.05, 4.69) is 58.1 Å². The van der Waals surface area contributed by atoms with Crippen LogP contribution in [0, 0.1) is 6.92 Å². The Morgan fingerprint density at radius 3 is 2.81 bits per heavy atom. The molecule has 1 unspecified atom stereocenters. The number of morpholine rings is 1. The molecule has 0 amide bonds. The number of hydrogen-bond acceptors (Lipinski definition) is 6. The number of thiazole rings is 1. The number of aryl methyl sites for hydroxylation is 1. The highest BCUT2D eigenvalue weighted by Crippen LogP contribution is 2.34. The zero-order valence-corrected chi connectivity index (χ0v) is 20.5. The maximum absolute atomic E-state index is 5.56. The van der Waals surface area contributed by atoms with Gasteiger partial charge in [-0.15, -0.1) is 35.3 Å². The van der Waals surface area contributed by atoms with Crippen LogP contribution in [0.25, 0.3) is 0 Å². The number of nitrogens with zero attached hydrogens (tertiary/aromatic N) is 4. The lowest BCUT2D eigenvalue weighted by atomic mass is 9.96. The van der Waals surface area contributed by atoms with Gasteiger partial charge in [-0.2, -0.15) is 11.8 Å². The van der Waals surface area contributed by atoms with Crippen molar-refractivity contribution >= 4 is 53.0 Å². The van der Waals surface area contributed by atoms with Gasteiger partial charge in [0.2, 0.25) is 0 Å². The average molecular weight is 526 g/mol. The third-order valence-corrected chi connectivity index (χ3v) is 7.11. The second-order valence-electron chi connectivity index (χ2n) is 7.01. The number of aromatic nitrogens is 1. The van der Waals surface area contributed by atoms with E-state index in [0.717, 1.165) is 62.6 Å². The molecule has 0 bridgehead atoms. The maximum Gasteiger partial charge on any atom is 0.194 e. The Balaban J connectivity index is 0.00000261. The van der Waals surface area contributed by atoms with E-state index in [1.54, 1.807) is 11.3 Å². The van der Waals surface area contributed by atoms with Crippen LogP contribution >= 0.6 is 47.1 Å². The fourth-order valence-electron chi connectivity index (χ4n) is 3.60. The largest absolute Gasteiger partial charge is 0.379 e. The summed E-state index contributed by atoms with van der Waals surface area (Å²) in [5.74, 6) is 3.38. The van der Waals surface area contributed by atoms with Gasteiger partial charge in [0.15, 0.2) is 5.96 Å². The smallest absolute Gasteiger partial charge is 0.194 e. The zero-order chi connectivity index (χ0) is 18.4. The van der Waals surface area contributed by atoms with Crippen LogP contribution in [0.4, 0.5) is 0 Å². The van der Waals surface area contributed by atoms with E-state index < -0.39 is 0 Å². The summed E-state index contributed by atoms with van der Waals surface area (Å²) in [6, 6.07) is 0. The Bertz CT molecular complexity index is 600. The third kappa shape index (κ3) is 6.19. The molecule has 9 heteroatoms. The molecule has 154 valence electrons. The van der Waals surface area contributed by atoms with Crippen molar-refractivity contribution in [2.45, 2.75) is 32.4 Å². The fourth-order valence-corrected chi connectivity index (χ4v) is 5.67. The Labute approximate surface area is 188 Å². The van der Waals surface area contributed by atoms with Gasteiger partial charge >= 0.3 is 0 Å². The van der Waals surface area contributed by atoms with Gasteiger partial charge in [0.1, 0.15) is 0 Å². The third-order valence-electron chi connectivity index (χ3n) is 5.05. The molecule has 2 aliphatic rings. The second kappa shape index (κ2) is 11.2. The Morgan fingerprint density at radius 2 is 2.22 bits per heavy atom. The van der Waals surface area contributed by atoms with Crippen molar-refractivity contribution in [1.29, 1.82) is 0 Å². The molecule has 1 N–H and O–H groups in total. The summed E-state index contributed by atoms with van der Waals surface area (Å²) in [7, 11) is 2.10. The predicted octanol–water partition coefficient (Wildman–Crippen LogP) is 2.67. The zero-order valence-electron chi connectivity index (χ0n) is 16.6. The summed E-state index contributed by atoms with van der Waals surface area (Å²) in [6.45, 7) is 10.4. The lowest BCUT2D eigenvalue weighted by Crippen LogP contribution is -2.56. The van der Waals surface area contributed by atoms with Gasteiger partial charge in [0.25, 0.3) is 0 Å². The molecule has 0 radical (unpaired) electrons. The normalized spacial score (nSPS) is 23.9. The van der Waals surface area contributed by atoms with E-state index in [1.807, 2.05) is 0 Å². The van der Waals surface area contributed by atoms with Crippen molar-refractivity contribution in [3.8, 4) is 0 Å². The number of guanidine groups is 1. The van der Waals surface area contributed by atoms with Crippen LogP contribution < -0.4 is 5.32 Å². The van der Waals surface area contributed by atoms with Gasteiger partial charge in [0, 0.05) is 37.8 Å². The van der Waals surface area contributed by atoms with Gasteiger partial charge in [-0.05, 0) is 26.0 Å². The molecule has 1 atom stereocenters. The van der Waals surface area contributed by atoms with Crippen molar-refractivity contribution in [3.63, 3.8) is 0 Å². The first-order valence-electron chi connectivity index (χ1n) is 9.44. The molecule has 0 aromatic carbocycles. The molecule has 0 saturated carbocycles. The molecular weight excluding hydrogens is 493 g/mol. The van der Waals surface area contributed by atoms with Crippen molar-refractivity contribution in [3.05, 3.63) is 16.1 Å². The molecule has 27 heavy (non-hydrogen) atoms. The molecule has 2 fully saturated rings. The van der Waals surface area contributed by atoms with Gasteiger partial charge in [-0.3, -0.25) is 9.89 Å². The van der Waals surface area contributed by atoms with E-state index >= 15 is 0 Å². The predicted molar refractivity (Wildman–Crippen MR) is 127 cm³/mol. The summed E-state index contributed by atoms with van der Waals surface area (Å²) < 4.78 is 5.56. The minimum absolute atomic E-state index is 0. The van der Waals surface area contributed by atoms with Crippen LogP contribution in [0.5, 0.6) is 0 Å². The molecule has 2 aliphatic heterocycles. The minimum Gasteiger partial charge on any atom is -0.379 e. The van der Waals surface area contributed by atoms with Gasteiger partial charge in [-0.25, -0.2) is 4.98 Å². The summed E-state index contributed by atoms with van der Waals surface area (Å²) in [5, 5.41) is 6.71. The maximum atomic E-state index is 5.56. The first-order chi connectivity index (χ1) is 12.6. The van der Waals surface area contributed by atoms with Crippen molar-refractivity contribution in [1.82, 2.24) is 20.1 Å². The summed E-state index contributed by atoms with van der Waals surface area (Å²) >= 11 is 3.76. The molecule has 0 spiro atoms. The molecular formula is C18H32IN5OS2. The molecule has 0 aliphatic carbocycles. The van der Waals surface area contributed by atoms with Crippen LogP contribution in [0.15, 0.2) is 10.4 Å². The van der Waals surface area contributed by atoms with E-state index in [4.69, 9.17) is 9.73 Å². The molecule has 1 aromatic rings. The highest BCUT2D eigenvalue weighted by molar-refractivity contribution is 14.0. The number of nitrogens with one attached hydrogen (secondary N) is 1. The van der Waals surface area contributed by atoms with Crippen LogP contribution in [0.2, 0.25) is 0 Å². The monoisotopic (exact) mass is 525 g/mol. The topological polar surface area (TPSA) is 53.0 Å². The molecule has 1 aromatic heterocycles. The minimum atomic E-state index is 0. The average Bonchev–Trinajstić information content (AvgIpc) is 3.29. The van der Waals surface area contributed by atoms with Gasteiger partial charge < -0.3 is 15.0 Å². The standard InChI is InChI=1S/C18H31N5OS2.HI/c1-4-19-17(22(3)11-16-12-26-15(2)21-16)20-13-18(5-10-25-14-18)23-6-8-24-9-7-23;/h12H,4-11,13-14H2,1-3H3,(H,19,20);1H. The number of ether oxygens (including phenoxy) is 1. The van der Waals surface area contributed by atoms with Crippen LogP contribution in [0.1, 0.15) is 24.0 Å². The number of rotatable bonds is 6. The lowest BCUT2D eigenvalue weighted by molar-refractivity contribution is -0.0105. The van der Waals surface area contributed by atoms with Crippen LogP contribution in [-0.2, 0) is 11.3 Å². The molecule has 2 saturated heterocycles. The Hall–Kier alpha value is -0.100. The fraction of sp³-hybridized carbons (Fsp3) is 0.778. The summed E-state index contributed by atoms with van der Waals surface area (Å²) in [4.78, 5) is 14.4. The van der Waals surface area contributed by atoms with Gasteiger partial charge in [0.05, 0.1) is 42.5 Å². The summed E-state index contributed by atoms with van der Waals surface area (Å²) in [5.41, 5.74) is 1.30. The van der Waals surface area contributed by atoms with E-state index in [1.165, 1.54) is 17.9 Å². The van der Waals surface area contributed by atoms with E-state index in [9.17, 15) is 0 Å². The Kier molecular flexibility index (Phi) is 9.60. The van der Waals surface area contributed by atoms with E-state index in [-0.39, 0.29) is 29.5 Å². The molecule has 3 heterocycles. The van der Waals surface area contributed by atoms with Crippen LogP contribution in [-0.4, -0.2) is 84.2 Å². The van der Waals surface area contributed by atoms with Crippen molar-refractivity contribution in [2.24, 2.45) is 4.99 Å². The number of halogens is 1. The first kappa shape index (κ1) is 23.2. The Morgan fingerprint density at radius 1 is 1.44 bits per heavy atom. The second-order valence-corrected chi connectivity index (χ2v) is 9.18. The highest BCUT2D eigenvalue weighted by atomic mass is 127. The lowest BCUT2D eigenvalue weighted by Gasteiger charge is -2.42. The van der Waals surface area contributed by atoms with Gasteiger partial charge in [-0.1, -0.05) is 0 Å². The van der Waals surface area contributed by atoms with Crippen molar-refractivity contribution < 1.29 is 4.74 Å². The molecule has 3 rings (SSSR count). The summed E-state index contributed by atoms with van der Waals surface area (Å²) in [6.07, 6.45) is 1.22. The van der Waals surface area contributed by atoms with E-state index in [0.29, 0.717) is 0 Å². The molecule has 6 nitrogen and oxygen atoms in total. The SMILES string of the molecule is CCNC(=NCC1(N2CCOCC2)CCSC1)N(C)Cc1csc(C)n1.I. The first-order valence-corrected chi connectivity index (χ1v) is 11.5. The number of thioether (sulfide) groups is 1. The van der Waals surface area contributed by atoms with Crippen molar-refractivity contribution in [2.75, 3.05) is 57.9 Å². The number of aliphatic imine (C=N–C) groups is 1.